The van der Waals surface area contributed by atoms with Gasteiger partial charge in [-0.2, -0.15) is 0 Å². The first-order valence-corrected chi connectivity index (χ1v) is 6.26. The van der Waals surface area contributed by atoms with Gasteiger partial charge in [0.1, 0.15) is 0 Å². The van der Waals surface area contributed by atoms with Crippen LogP contribution in [0.15, 0.2) is 11.6 Å². The molecule has 0 amide bonds. The number of esters is 1. The summed E-state index contributed by atoms with van der Waals surface area (Å²) in [5, 5.41) is 0. The van der Waals surface area contributed by atoms with Crippen LogP contribution in [0.25, 0.3) is 0 Å². The van der Waals surface area contributed by atoms with Crippen molar-refractivity contribution in [3.8, 4) is 0 Å². The Balaban J connectivity index is 1.65. The summed E-state index contributed by atoms with van der Waals surface area (Å²) in [5.74, 6) is 0.711. The molecule has 17 heavy (non-hydrogen) atoms. The molecule has 1 aliphatic heterocycles. The van der Waals surface area contributed by atoms with Gasteiger partial charge in [0.05, 0.1) is 20.3 Å². The van der Waals surface area contributed by atoms with Crippen molar-refractivity contribution in [3.63, 3.8) is 0 Å². The quantitative estimate of drug-likeness (QED) is 0.514. The number of rotatable bonds is 1. The van der Waals surface area contributed by atoms with Crippen LogP contribution in [0.1, 0.15) is 25.7 Å². The second-order valence-electron chi connectivity index (χ2n) is 5.27. The van der Waals surface area contributed by atoms with E-state index in [1.807, 2.05) is 0 Å². The fourth-order valence-corrected chi connectivity index (χ4v) is 3.53. The van der Waals surface area contributed by atoms with Gasteiger partial charge in [-0.25, -0.2) is 4.79 Å². The highest BCUT2D eigenvalue weighted by Crippen LogP contribution is 2.53. The normalized spacial score (nSPS) is 36.6. The van der Waals surface area contributed by atoms with Gasteiger partial charge in [0.2, 0.25) is 0 Å². The molecule has 2 atom stereocenters. The van der Waals surface area contributed by atoms with E-state index in [1.165, 1.54) is 12.7 Å². The molecule has 94 valence electrons. The van der Waals surface area contributed by atoms with E-state index in [9.17, 15) is 4.79 Å². The predicted molar refractivity (Wildman–Crippen MR) is 60.2 cm³/mol. The third kappa shape index (κ3) is 2.00. The van der Waals surface area contributed by atoms with Crippen LogP contribution in [0.3, 0.4) is 0 Å². The van der Waals surface area contributed by atoms with Crippen LogP contribution in [-0.2, 0) is 19.0 Å². The molecule has 0 bridgehead atoms. The summed E-state index contributed by atoms with van der Waals surface area (Å²) < 4.78 is 16.1. The van der Waals surface area contributed by atoms with Crippen molar-refractivity contribution in [2.75, 3.05) is 20.3 Å². The highest BCUT2D eigenvalue weighted by molar-refractivity contribution is 5.82. The number of carbonyl (C=O) groups is 1. The molecular formula is C13H18O4. The first kappa shape index (κ1) is 11.2. The summed E-state index contributed by atoms with van der Waals surface area (Å²) in [5.41, 5.74) is 1.22. The molecule has 0 N–H and O–H groups in total. The number of hydrogen-bond acceptors (Lipinski definition) is 4. The lowest BCUT2D eigenvalue weighted by Crippen LogP contribution is -2.26. The monoisotopic (exact) mass is 238 g/mol. The second kappa shape index (κ2) is 4.10. The van der Waals surface area contributed by atoms with E-state index in [1.54, 1.807) is 6.08 Å². The van der Waals surface area contributed by atoms with Crippen molar-refractivity contribution in [2.24, 2.45) is 11.8 Å². The molecule has 4 heteroatoms. The van der Waals surface area contributed by atoms with Gasteiger partial charge in [-0.05, 0) is 24.7 Å². The molecule has 0 aromatic rings. The van der Waals surface area contributed by atoms with E-state index in [0.717, 1.165) is 38.9 Å². The molecule has 0 aromatic carbocycles. The van der Waals surface area contributed by atoms with Gasteiger partial charge in [-0.1, -0.05) is 5.57 Å². The van der Waals surface area contributed by atoms with Crippen LogP contribution in [0, 0.1) is 11.8 Å². The largest absolute Gasteiger partial charge is 0.466 e. The molecule has 1 saturated heterocycles. The molecule has 1 heterocycles. The first-order valence-electron chi connectivity index (χ1n) is 6.26. The maximum Gasteiger partial charge on any atom is 0.330 e. The predicted octanol–water partition coefficient (Wildman–Crippen LogP) is 1.65. The van der Waals surface area contributed by atoms with Gasteiger partial charge in [0.25, 0.3) is 0 Å². The summed E-state index contributed by atoms with van der Waals surface area (Å²) in [4.78, 5) is 11.2. The molecular weight excluding hydrogens is 220 g/mol. The minimum atomic E-state index is -0.286. The molecule has 2 aliphatic carbocycles. The molecule has 3 rings (SSSR count). The average Bonchev–Trinajstić information content (AvgIpc) is 2.95. The maximum atomic E-state index is 11.2. The van der Waals surface area contributed by atoms with E-state index < -0.39 is 0 Å². The van der Waals surface area contributed by atoms with Crippen LogP contribution >= 0.6 is 0 Å². The summed E-state index contributed by atoms with van der Waals surface area (Å²) in [7, 11) is 1.42. The van der Waals surface area contributed by atoms with E-state index in [-0.39, 0.29) is 11.8 Å². The van der Waals surface area contributed by atoms with Crippen LogP contribution in [-0.4, -0.2) is 32.1 Å². The molecule has 3 fully saturated rings. The van der Waals surface area contributed by atoms with E-state index in [2.05, 4.69) is 4.74 Å². The standard InChI is InChI=1S/C13H18O4/c1-15-12(14)6-9-4-10-7-13(8-11(10)5-9)16-2-3-17-13/h6,10-11H,2-5,7-8H2,1H3/b9-6-/t10-,11+/m0/s1. The van der Waals surface area contributed by atoms with Crippen LogP contribution in [0.2, 0.25) is 0 Å². The summed E-state index contributed by atoms with van der Waals surface area (Å²) >= 11 is 0. The Morgan fingerprint density at radius 3 is 2.41 bits per heavy atom. The number of methoxy groups -OCH3 is 1. The number of fused-ring (bicyclic) bond motifs is 1. The van der Waals surface area contributed by atoms with Gasteiger partial charge < -0.3 is 14.2 Å². The van der Waals surface area contributed by atoms with Gasteiger partial charge in [0, 0.05) is 18.9 Å². The van der Waals surface area contributed by atoms with Gasteiger partial charge >= 0.3 is 5.97 Å². The van der Waals surface area contributed by atoms with E-state index in [4.69, 9.17) is 9.47 Å². The van der Waals surface area contributed by atoms with Crippen molar-refractivity contribution in [2.45, 2.75) is 31.5 Å². The Hall–Kier alpha value is -0.870. The van der Waals surface area contributed by atoms with Crippen molar-refractivity contribution in [3.05, 3.63) is 11.6 Å². The number of carbonyl (C=O) groups excluding carboxylic acids is 1. The molecule has 2 saturated carbocycles. The number of allylic oxidation sites excluding steroid dienone is 1. The Kier molecular flexibility index (Phi) is 2.71. The van der Waals surface area contributed by atoms with Gasteiger partial charge in [0.15, 0.2) is 5.79 Å². The molecule has 1 spiro atoms. The Bertz CT molecular complexity index is 336. The lowest BCUT2D eigenvalue weighted by molar-refractivity contribution is -0.154. The Morgan fingerprint density at radius 1 is 1.29 bits per heavy atom. The van der Waals surface area contributed by atoms with Crippen LogP contribution in [0.4, 0.5) is 0 Å². The Morgan fingerprint density at radius 2 is 1.88 bits per heavy atom. The highest BCUT2D eigenvalue weighted by Gasteiger charge is 2.51. The summed E-state index contributed by atoms with van der Waals surface area (Å²) in [6.07, 6.45) is 5.61. The SMILES string of the molecule is COC(=O)/C=C1\C[C@@H]2CC3(C[C@@H]2C1)OCCO3. The lowest BCUT2D eigenvalue weighted by Gasteiger charge is -2.22. The lowest BCUT2D eigenvalue weighted by atomic mass is 10.0. The molecule has 0 unspecified atom stereocenters. The minimum Gasteiger partial charge on any atom is -0.466 e. The topological polar surface area (TPSA) is 44.8 Å². The second-order valence-corrected chi connectivity index (χ2v) is 5.27. The average molecular weight is 238 g/mol. The third-order valence-electron chi connectivity index (χ3n) is 4.20. The zero-order valence-corrected chi connectivity index (χ0v) is 10.1. The summed E-state index contributed by atoms with van der Waals surface area (Å²) in [6.45, 7) is 1.45. The first-order chi connectivity index (χ1) is 8.21. The fraction of sp³-hybridized carbons (Fsp3) is 0.769. The van der Waals surface area contributed by atoms with Gasteiger partial charge in [-0.3, -0.25) is 0 Å². The summed E-state index contributed by atoms with van der Waals surface area (Å²) in [6, 6.07) is 0. The molecule has 3 aliphatic rings. The fourth-order valence-electron chi connectivity index (χ4n) is 3.53. The van der Waals surface area contributed by atoms with Crippen molar-refractivity contribution < 1.29 is 19.0 Å². The highest BCUT2D eigenvalue weighted by atomic mass is 16.7. The van der Waals surface area contributed by atoms with Crippen molar-refractivity contribution >= 4 is 5.97 Å². The zero-order valence-electron chi connectivity index (χ0n) is 10.1. The maximum absolute atomic E-state index is 11.2. The van der Waals surface area contributed by atoms with Crippen LogP contribution < -0.4 is 0 Å². The van der Waals surface area contributed by atoms with Gasteiger partial charge in [-0.15, -0.1) is 0 Å². The van der Waals surface area contributed by atoms with E-state index in [0.29, 0.717) is 11.8 Å². The molecule has 0 aromatic heterocycles. The van der Waals surface area contributed by atoms with Crippen LogP contribution in [0.5, 0.6) is 0 Å². The van der Waals surface area contributed by atoms with E-state index >= 15 is 0 Å². The zero-order chi connectivity index (χ0) is 11.9. The third-order valence-corrected chi connectivity index (χ3v) is 4.20. The smallest absolute Gasteiger partial charge is 0.330 e. The molecule has 0 radical (unpaired) electrons. The van der Waals surface area contributed by atoms with Crippen molar-refractivity contribution in [1.29, 1.82) is 0 Å². The van der Waals surface area contributed by atoms with Crippen molar-refractivity contribution in [1.82, 2.24) is 0 Å². The Labute approximate surface area is 101 Å². The number of ether oxygens (including phenoxy) is 3. The minimum absolute atomic E-state index is 0.233. The number of hydrogen-bond donors (Lipinski definition) is 0. The molecule has 4 nitrogen and oxygen atoms in total.